The second kappa shape index (κ2) is 4.69. The van der Waals surface area contributed by atoms with Crippen molar-refractivity contribution in [3.63, 3.8) is 0 Å². The summed E-state index contributed by atoms with van der Waals surface area (Å²) in [5, 5.41) is 9.35. The van der Waals surface area contributed by atoms with Crippen LogP contribution in [0.4, 0.5) is 0 Å². The van der Waals surface area contributed by atoms with Crippen molar-refractivity contribution in [3.05, 3.63) is 0 Å². The third-order valence-electron chi connectivity index (χ3n) is 1.73. The van der Waals surface area contributed by atoms with Crippen LogP contribution >= 0.6 is 0 Å². The Hall–Kier alpha value is -0.0800. The lowest BCUT2D eigenvalue weighted by atomic mass is 10.0. The van der Waals surface area contributed by atoms with Gasteiger partial charge in [-0.1, -0.05) is 13.8 Å². The minimum atomic E-state index is -0.137. The summed E-state index contributed by atoms with van der Waals surface area (Å²) in [7, 11) is 4.05. The Morgan fingerprint density at radius 2 is 1.90 bits per heavy atom. The van der Waals surface area contributed by atoms with Gasteiger partial charge in [-0.05, 0) is 26.4 Å². The second-order valence-electron chi connectivity index (χ2n) is 3.22. The van der Waals surface area contributed by atoms with Crippen LogP contribution in [0.2, 0.25) is 0 Å². The zero-order valence-corrected chi connectivity index (χ0v) is 7.46. The molecule has 0 bridgehead atoms. The maximum Gasteiger partial charge on any atom is 0.0575 e. The van der Waals surface area contributed by atoms with Gasteiger partial charge in [0.2, 0.25) is 0 Å². The van der Waals surface area contributed by atoms with Crippen molar-refractivity contribution >= 4 is 0 Å². The molecule has 62 valence electrons. The summed E-state index contributed by atoms with van der Waals surface area (Å²) in [4.78, 5) is 2.10. The molecule has 0 spiro atoms. The Kier molecular flexibility index (Phi) is 4.65. The summed E-state index contributed by atoms with van der Waals surface area (Å²) in [5.74, 6) is 0.389. The first-order valence-corrected chi connectivity index (χ1v) is 3.90. The minimum absolute atomic E-state index is 0.137. The molecule has 0 aliphatic heterocycles. The van der Waals surface area contributed by atoms with E-state index in [9.17, 15) is 5.11 Å². The molecule has 0 rings (SSSR count). The summed E-state index contributed by atoms with van der Waals surface area (Å²) in [6, 6.07) is 0. The van der Waals surface area contributed by atoms with E-state index in [1.54, 1.807) is 0 Å². The smallest absolute Gasteiger partial charge is 0.0575 e. The van der Waals surface area contributed by atoms with Gasteiger partial charge in [-0.15, -0.1) is 0 Å². The molecule has 10 heavy (non-hydrogen) atoms. The Morgan fingerprint density at radius 3 is 2.20 bits per heavy atom. The Bertz CT molecular complexity index is 83.3. The topological polar surface area (TPSA) is 23.5 Å². The van der Waals surface area contributed by atoms with Crippen molar-refractivity contribution in [1.82, 2.24) is 4.90 Å². The maximum absolute atomic E-state index is 9.35. The third-order valence-corrected chi connectivity index (χ3v) is 1.73. The van der Waals surface area contributed by atoms with Crippen molar-refractivity contribution in [2.24, 2.45) is 5.92 Å². The van der Waals surface area contributed by atoms with Crippen molar-refractivity contribution in [2.45, 2.75) is 26.4 Å². The molecule has 1 unspecified atom stereocenters. The number of aliphatic hydroxyl groups excluding tert-OH is 1. The lowest BCUT2D eigenvalue weighted by molar-refractivity contribution is 0.0964. The highest BCUT2D eigenvalue weighted by atomic mass is 16.3. The molecule has 0 amide bonds. The van der Waals surface area contributed by atoms with E-state index in [0.717, 1.165) is 13.0 Å². The Labute approximate surface area is 63.8 Å². The monoisotopic (exact) mass is 145 g/mol. The summed E-state index contributed by atoms with van der Waals surface area (Å²) in [5.41, 5.74) is 0. The first kappa shape index (κ1) is 9.92. The summed E-state index contributed by atoms with van der Waals surface area (Å²) < 4.78 is 0. The van der Waals surface area contributed by atoms with E-state index in [0.29, 0.717) is 5.92 Å². The van der Waals surface area contributed by atoms with Gasteiger partial charge in [0.15, 0.2) is 0 Å². The number of aliphatic hydroxyl groups is 1. The zero-order chi connectivity index (χ0) is 8.15. The second-order valence-corrected chi connectivity index (χ2v) is 3.22. The van der Waals surface area contributed by atoms with E-state index in [-0.39, 0.29) is 6.10 Å². The van der Waals surface area contributed by atoms with Gasteiger partial charge in [-0.3, -0.25) is 0 Å². The van der Waals surface area contributed by atoms with Crippen LogP contribution in [0.1, 0.15) is 20.3 Å². The largest absolute Gasteiger partial charge is 0.393 e. The molecule has 0 aromatic rings. The van der Waals surface area contributed by atoms with E-state index >= 15 is 0 Å². The average molecular weight is 145 g/mol. The molecule has 1 N–H and O–H groups in total. The number of hydrogen-bond donors (Lipinski definition) is 1. The van der Waals surface area contributed by atoms with Crippen LogP contribution in [0.5, 0.6) is 0 Å². The van der Waals surface area contributed by atoms with Gasteiger partial charge in [0.25, 0.3) is 0 Å². The highest BCUT2D eigenvalue weighted by Crippen LogP contribution is 2.06. The molecule has 0 saturated heterocycles. The van der Waals surface area contributed by atoms with Crippen molar-refractivity contribution < 1.29 is 5.11 Å². The first-order chi connectivity index (χ1) is 4.57. The van der Waals surface area contributed by atoms with Crippen LogP contribution in [0.3, 0.4) is 0 Å². The lowest BCUT2D eigenvalue weighted by Gasteiger charge is -2.20. The van der Waals surface area contributed by atoms with Crippen molar-refractivity contribution in [3.8, 4) is 0 Å². The quantitative estimate of drug-likeness (QED) is 0.637. The third kappa shape index (κ3) is 3.85. The van der Waals surface area contributed by atoms with Gasteiger partial charge in [-0.25, -0.2) is 0 Å². The molecular formula is C8H19NO. The molecule has 0 fully saturated rings. The first-order valence-electron chi connectivity index (χ1n) is 3.90. The minimum Gasteiger partial charge on any atom is -0.393 e. The molecule has 0 saturated carbocycles. The molecule has 2 heteroatoms. The standard InChI is InChI=1S/C8H19NO/c1-5-8(10)7(2)6-9(3)4/h7-8,10H,5-6H2,1-4H3/t7-,8?/m0/s1. The van der Waals surface area contributed by atoms with E-state index in [1.165, 1.54) is 0 Å². The van der Waals surface area contributed by atoms with Gasteiger partial charge < -0.3 is 10.0 Å². The molecule has 0 aliphatic carbocycles. The molecule has 0 aromatic heterocycles. The molecule has 0 heterocycles. The predicted molar refractivity (Wildman–Crippen MR) is 44.0 cm³/mol. The highest BCUT2D eigenvalue weighted by Gasteiger charge is 2.11. The van der Waals surface area contributed by atoms with E-state index in [2.05, 4.69) is 11.8 Å². The van der Waals surface area contributed by atoms with E-state index < -0.39 is 0 Å². The SMILES string of the molecule is CCC(O)[C@@H](C)CN(C)C. The lowest BCUT2D eigenvalue weighted by Crippen LogP contribution is -2.28. The Morgan fingerprint density at radius 1 is 1.40 bits per heavy atom. The fourth-order valence-corrected chi connectivity index (χ4v) is 1.10. The van der Waals surface area contributed by atoms with E-state index in [1.807, 2.05) is 21.0 Å². The van der Waals surface area contributed by atoms with Crippen molar-refractivity contribution in [2.75, 3.05) is 20.6 Å². The fraction of sp³-hybridized carbons (Fsp3) is 1.00. The summed E-state index contributed by atoms with van der Waals surface area (Å²) >= 11 is 0. The molecular weight excluding hydrogens is 126 g/mol. The number of hydrogen-bond acceptors (Lipinski definition) is 2. The number of rotatable bonds is 4. The van der Waals surface area contributed by atoms with Crippen LogP contribution in [-0.4, -0.2) is 36.8 Å². The van der Waals surface area contributed by atoms with Gasteiger partial charge in [0.1, 0.15) is 0 Å². The van der Waals surface area contributed by atoms with Crippen LogP contribution in [-0.2, 0) is 0 Å². The average Bonchev–Trinajstić information content (AvgIpc) is 1.85. The van der Waals surface area contributed by atoms with Gasteiger partial charge in [-0.2, -0.15) is 0 Å². The Balaban J connectivity index is 3.50. The highest BCUT2D eigenvalue weighted by molar-refractivity contribution is 4.64. The van der Waals surface area contributed by atoms with Crippen LogP contribution in [0.25, 0.3) is 0 Å². The van der Waals surface area contributed by atoms with Crippen LogP contribution in [0, 0.1) is 5.92 Å². The predicted octanol–water partition coefficient (Wildman–Crippen LogP) is 0.955. The van der Waals surface area contributed by atoms with Crippen molar-refractivity contribution in [1.29, 1.82) is 0 Å². The molecule has 2 nitrogen and oxygen atoms in total. The van der Waals surface area contributed by atoms with Gasteiger partial charge in [0.05, 0.1) is 6.10 Å². The zero-order valence-electron chi connectivity index (χ0n) is 7.46. The van der Waals surface area contributed by atoms with Crippen LogP contribution in [0.15, 0.2) is 0 Å². The maximum atomic E-state index is 9.35. The van der Waals surface area contributed by atoms with Gasteiger partial charge >= 0.3 is 0 Å². The van der Waals surface area contributed by atoms with Gasteiger partial charge in [0, 0.05) is 6.54 Å². The number of nitrogens with zero attached hydrogens (tertiary/aromatic N) is 1. The molecule has 2 atom stereocenters. The molecule has 0 aliphatic rings. The summed E-state index contributed by atoms with van der Waals surface area (Å²) in [6.45, 7) is 5.06. The molecule has 0 aromatic carbocycles. The van der Waals surface area contributed by atoms with Crippen LogP contribution < -0.4 is 0 Å². The normalized spacial score (nSPS) is 17.4. The summed E-state index contributed by atoms with van der Waals surface area (Å²) in [6.07, 6.45) is 0.719. The van der Waals surface area contributed by atoms with E-state index in [4.69, 9.17) is 0 Å². The molecule has 0 radical (unpaired) electrons. The fourth-order valence-electron chi connectivity index (χ4n) is 1.10.